The van der Waals surface area contributed by atoms with E-state index in [2.05, 4.69) is 54.2 Å². The van der Waals surface area contributed by atoms with Crippen LogP contribution in [0.3, 0.4) is 0 Å². The van der Waals surface area contributed by atoms with Crippen molar-refractivity contribution in [1.82, 2.24) is 9.88 Å². The summed E-state index contributed by atoms with van der Waals surface area (Å²) >= 11 is 0. The van der Waals surface area contributed by atoms with Crippen LogP contribution in [0.15, 0.2) is 30.5 Å². The average molecular weight is 286 g/mol. The lowest BCUT2D eigenvalue weighted by Gasteiger charge is -2.13. The van der Waals surface area contributed by atoms with E-state index in [1.165, 1.54) is 35.7 Å². The van der Waals surface area contributed by atoms with Crippen LogP contribution in [0.2, 0.25) is 0 Å². The zero-order valence-electron chi connectivity index (χ0n) is 13.1. The molecular weight excluding hydrogens is 260 g/mol. The van der Waals surface area contributed by atoms with Crippen LogP contribution in [0, 0.1) is 0 Å². The first-order chi connectivity index (χ1) is 10.3. The van der Waals surface area contributed by atoms with E-state index in [4.69, 9.17) is 4.74 Å². The zero-order chi connectivity index (χ0) is 14.7. The monoisotopic (exact) mass is 286 g/mol. The molecule has 0 aliphatic carbocycles. The summed E-state index contributed by atoms with van der Waals surface area (Å²) in [6.07, 6.45) is 6.55. The Morgan fingerprint density at radius 1 is 1.29 bits per heavy atom. The minimum absolute atomic E-state index is 0.376. The highest BCUT2D eigenvalue weighted by molar-refractivity contribution is 5.80. The van der Waals surface area contributed by atoms with E-state index in [0.29, 0.717) is 12.2 Å². The Morgan fingerprint density at radius 2 is 2.19 bits per heavy atom. The maximum absolute atomic E-state index is 5.94. The summed E-state index contributed by atoms with van der Waals surface area (Å²) < 4.78 is 8.28. The van der Waals surface area contributed by atoms with Crippen LogP contribution in [-0.2, 0) is 17.8 Å². The summed E-state index contributed by atoms with van der Waals surface area (Å²) in [6, 6.07) is 9.00. The molecule has 0 radical (unpaired) electrons. The molecule has 1 aliphatic heterocycles. The van der Waals surface area contributed by atoms with Crippen LogP contribution < -0.4 is 5.32 Å². The van der Waals surface area contributed by atoms with Crippen molar-refractivity contribution in [2.45, 2.75) is 58.4 Å². The normalized spacial score (nSPS) is 22.2. The zero-order valence-corrected chi connectivity index (χ0v) is 13.1. The van der Waals surface area contributed by atoms with Gasteiger partial charge >= 0.3 is 0 Å². The number of nitrogens with one attached hydrogen (secondary N) is 1. The van der Waals surface area contributed by atoms with Gasteiger partial charge in [0, 0.05) is 24.8 Å². The molecule has 3 nitrogen and oxygen atoms in total. The summed E-state index contributed by atoms with van der Waals surface area (Å²) in [4.78, 5) is 0. The quantitative estimate of drug-likeness (QED) is 0.819. The third-order valence-corrected chi connectivity index (χ3v) is 4.31. The molecule has 0 bridgehead atoms. The van der Waals surface area contributed by atoms with Crippen molar-refractivity contribution in [3.63, 3.8) is 0 Å². The van der Waals surface area contributed by atoms with Crippen LogP contribution in [-0.4, -0.2) is 23.3 Å². The first kappa shape index (κ1) is 14.6. The molecule has 2 aromatic rings. The van der Waals surface area contributed by atoms with E-state index in [1.54, 1.807) is 0 Å². The Kier molecular flexibility index (Phi) is 4.61. The fraction of sp³-hybridized carbons (Fsp3) is 0.556. The number of ether oxygens (including phenoxy) is 1. The topological polar surface area (TPSA) is 26.2 Å². The predicted molar refractivity (Wildman–Crippen MR) is 87.5 cm³/mol. The number of fused-ring (bicyclic) bond motifs is 1. The van der Waals surface area contributed by atoms with E-state index in [-0.39, 0.29) is 0 Å². The van der Waals surface area contributed by atoms with Gasteiger partial charge in [0.15, 0.2) is 0 Å². The van der Waals surface area contributed by atoms with Gasteiger partial charge in [0.1, 0.15) is 0 Å². The highest BCUT2D eigenvalue weighted by Crippen LogP contribution is 2.23. The van der Waals surface area contributed by atoms with Crippen LogP contribution in [0.25, 0.3) is 10.9 Å². The van der Waals surface area contributed by atoms with Gasteiger partial charge in [-0.2, -0.15) is 0 Å². The van der Waals surface area contributed by atoms with Crippen LogP contribution in [0.1, 0.15) is 38.7 Å². The van der Waals surface area contributed by atoms with Crippen LogP contribution in [0.4, 0.5) is 0 Å². The van der Waals surface area contributed by atoms with Crippen LogP contribution in [0.5, 0.6) is 0 Å². The second-order valence-electron chi connectivity index (χ2n) is 6.18. The molecule has 114 valence electrons. The van der Waals surface area contributed by atoms with E-state index >= 15 is 0 Å². The smallest absolute Gasteiger partial charge is 0.0758 e. The maximum atomic E-state index is 5.94. The molecule has 21 heavy (non-hydrogen) atoms. The molecule has 0 spiro atoms. The minimum atomic E-state index is 0.376. The molecule has 0 amide bonds. The average Bonchev–Trinajstić information content (AvgIpc) is 3.06. The Hall–Kier alpha value is -1.32. The van der Waals surface area contributed by atoms with E-state index in [1.807, 2.05) is 0 Å². The molecule has 3 rings (SSSR count). The Morgan fingerprint density at radius 3 is 2.95 bits per heavy atom. The number of hydrogen-bond donors (Lipinski definition) is 1. The molecule has 0 saturated carbocycles. The first-order valence-corrected chi connectivity index (χ1v) is 8.20. The van der Waals surface area contributed by atoms with Crippen molar-refractivity contribution < 1.29 is 4.74 Å². The van der Waals surface area contributed by atoms with Gasteiger partial charge < -0.3 is 14.6 Å². The highest BCUT2D eigenvalue weighted by atomic mass is 16.5. The van der Waals surface area contributed by atoms with Crippen molar-refractivity contribution in [2.75, 3.05) is 6.54 Å². The second-order valence-corrected chi connectivity index (χ2v) is 6.18. The molecule has 2 unspecified atom stereocenters. The van der Waals surface area contributed by atoms with Gasteiger partial charge in [-0.05, 0) is 61.9 Å². The molecule has 2 heterocycles. The number of rotatable bonds is 6. The second kappa shape index (κ2) is 6.63. The fourth-order valence-corrected chi connectivity index (χ4v) is 3.17. The van der Waals surface area contributed by atoms with Gasteiger partial charge in [-0.3, -0.25) is 0 Å². The molecule has 1 saturated heterocycles. The van der Waals surface area contributed by atoms with Crippen molar-refractivity contribution in [2.24, 2.45) is 0 Å². The lowest BCUT2D eigenvalue weighted by atomic mass is 10.1. The van der Waals surface area contributed by atoms with E-state index < -0.39 is 0 Å². The summed E-state index contributed by atoms with van der Waals surface area (Å²) in [7, 11) is 0. The third-order valence-electron chi connectivity index (χ3n) is 4.31. The molecule has 2 atom stereocenters. The number of benzene rings is 1. The minimum Gasteiger partial charge on any atom is -0.373 e. The van der Waals surface area contributed by atoms with Crippen molar-refractivity contribution in [3.8, 4) is 0 Å². The molecule has 1 aromatic carbocycles. The molecule has 1 fully saturated rings. The van der Waals surface area contributed by atoms with Crippen LogP contribution >= 0.6 is 0 Å². The van der Waals surface area contributed by atoms with Crippen molar-refractivity contribution in [1.29, 1.82) is 0 Å². The lowest BCUT2D eigenvalue weighted by Crippen LogP contribution is -2.16. The summed E-state index contributed by atoms with van der Waals surface area (Å²) in [5, 5.41) is 4.79. The molecule has 1 aromatic heterocycles. The highest BCUT2D eigenvalue weighted by Gasteiger charge is 2.22. The number of aromatic nitrogens is 1. The number of hydrogen-bond acceptors (Lipinski definition) is 2. The van der Waals surface area contributed by atoms with Crippen molar-refractivity contribution in [3.05, 3.63) is 36.0 Å². The maximum Gasteiger partial charge on any atom is 0.0758 e. The Labute approximate surface area is 127 Å². The van der Waals surface area contributed by atoms with Gasteiger partial charge in [0.2, 0.25) is 0 Å². The van der Waals surface area contributed by atoms with Gasteiger partial charge in [-0.15, -0.1) is 0 Å². The summed E-state index contributed by atoms with van der Waals surface area (Å²) in [5.74, 6) is 0. The standard InChI is InChI=1S/C18H26N2O/c1-3-9-19-12-15-5-7-18-16(11-15)8-10-20(18)13-17-6-4-14(2)21-17/h5,7-8,10-11,14,17,19H,3-4,6,9,12-13H2,1-2H3. The van der Waals surface area contributed by atoms with E-state index in [9.17, 15) is 0 Å². The molecular formula is C18H26N2O. The van der Waals surface area contributed by atoms with Gasteiger partial charge in [-0.25, -0.2) is 0 Å². The van der Waals surface area contributed by atoms with Gasteiger partial charge in [0.25, 0.3) is 0 Å². The van der Waals surface area contributed by atoms with Gasteiger partial charge in [-0.1, -0.05) is 13.0 Å². The lowest BCUT2D eigenvalue weighted by molar-refractivity contribution is 0.0465. The van der Waals surface area contributed by atoms with Gasteiger partial charge in [0.05, 0.1) is 12.2 Å². The number of nitrogens with zero attached hydrogens (tertiary/aromatic N) is 1. The molecule has 1 aliphatic rings. The largest absolute Gasteiger partial charge is 0.373 e. The Balaban J connectivity index is 1.70. The fourth-order valence-electron chi connectivity index (χ4n) is 3.17. The molecule has 3 heteroatoms. The summed E-state index contributed by atoms with van der Waals surface area (Å²) in [5.41, 5.74) is 2.68. The third kappa shape index (κ3) is 3.47. The SMILES string of the molecule is CCCNCc1ccc2c(ccn2CC2CCC(C)O2)c1. The van der Waals surface area contributed by atoms with E-state index in [0.717, 1.165) is 19.6 Å². The molecule has 1 N–H and O–H groups in total. The predicted octanol–water partition coefficient (Wildman–Crippen LogP) is 3.71. The first-order valence-electron chi connectivity index (χ1n) is 8.20. The summed E-state index contributed by atoms with van der Waals surface area (Å²) in [6.45, 7) is 7.38. The van der Waals surface area contributed by atoms with Crippen molar-refractivity contribution >= 4 is 10.9 Å². The Bertz CT molecular complexity index is 590.